The van der Waals surface area contributed by atoms with Gasteiger partial charge in [0.05, 0.1) is 41.2 Å². The van der Waals surface area contributed by atoms with Gasteiger partial charge in [-0.3, -0.25) is 38.9 Å². The van der Waals surface area contributed by atoms with Crippen LogP contribution in [-0.4, -0.2) is 78.4 Å². The molecule has 0 saturated carbocycles. The van der Waals surface area contributed by atoms with E-state index in [1.54, 1.807) is 40.5 Å². The summed E-state index contributed by atoms with van der Waals surface area (Å²) < 4.78 is 10.7. The van der Waals surface area contributed by atoms with Crippen LogP contribution in [0.4, 0.5) is 22.7 Å². The van der Waals surface area contributed by atoms with Crippen molar-refractivity contribution in [1.29, 1.82) is 0 Å². The van der Waals surface area contributed by atoms with Crippen molar-refractivity contribution in [2.45, 2.75) is 19.8 Å². The summed E-state index contributed by atoms with van der Waals surface area (Å²) in [4.78, 5) is 85.5. The van der Waals surface area contributed by atoms with Gasteiger partial charge in [0, 0.05) is 72.4 Å². The summed E-state index contributed by atoms with van der Waals surface area (Å²) in [5.74, 6) is -2.87. The first-order chi connectivity index (χ1) is 24.2. The summed E-state index contributed by atoms with van der Waals surface area (Å²) >= 11 is 0. The third-order valence-corrected chi connectivity index (χ3v) is 7.50. The lowest BCUT2D eigenvalue weighted by Crippen LogP contribution is -2.28. The second-order valence-electron chi connectivity index (χ2n) is 11.4. The van der Waals surface area contributed by atoms with E-state index < -0.39 is 40.4 Å². The number of carbonyl (C=O) groups is 6. The molecule has 51 heavy (non-hydrogen) atoms. The van der Waals surface area contributed by atoms with Crippen LogP contribution >= 0.6 is 0 Å². The molecule has 19 nitrogen and oxygen atoms in total. The Morgan fingerprint density at radius 1 is 0.627 bits per heavy atom. The first-order valence-corrected chi connectivity index (χ1v) is 15.6. The Morgan fingerprint density at radius 2 is 1.04 bits per heavy atom. The molecular formula is C32H38N10O9. The molecule has 0 aliphatic carbocycles. The number of aromatic nitrogens is 4. The Hall–Kier alpha value is -6.66. The molecule has 0 unspecified atom stereocenters. The standard InChI is InChI=1S/C32H38N10O9/c1-6-51-28(44)8-10-34-30(46)24-12-20(16-39(24)3)36-31(47)25-11-19(15-40(25)4)35-27(43)7-9-33-29(45)23-13-21(17-38(23)2)37-32(48)26-14-22(42(49)50)18-41(26)5/h11-18H,6-10H2,1-5H3,(H,33,45)(H,34,46)(H,35,43)(H,36,47)(H,37,48). The van der Waals surface area contributed by atoms with E-state index in [9.17, 15) is 38.9 Å². The van der Waals surface area contributed by atoms with Gasteiger partial charge < -0.3 is 49.6 Å². The van der Waals surface area contributed by atoms with Crippen molar-refractivity contribution >= 4 is 58.3 Å². The van der Waals surface area contributed by atoms with Crippen molar-refractivity contribution in [2.75, 3.05) is 35.6 Å². The highest BCUT2D eigenvalue weighted by Crippen LogP contribution is 2.20. The molecule has 270 valence electrons. The number of nitrogens with zero attached hydrogens (tertiary/aromatic N) is 5. The van der Waals surface area contributed by atoms with Crippen LogP contribution in [0.1, 0.15) is 61.7 Å². The van der Waals surface area contributed by atoms with Crippen molar-refractivity contribution < 1.29 is 38.4 Å². The van der Waals surface area contributed by atoms with Gasteiger partial charge in [-0.2, -0.15) is 0 Å². The Balaban J connectivity index is 1.25. The molecule has 4 rings (SSSR count). The summed E-state index contributed by atoms with van der Waals surface area (Å²) in [6.07, 6.45) is 5.77. The number of nitrogens with one attached hydrogen (secondary N) is 5. The number of amides is 5. The largest absolute Gasteiger partial charge is 0.466 e. The van der Waals surface area contributed by atoms with Gasteiger partial charge in [0.1, 0.15) is 22.8 Å². The van der Waals surface area contributed by atoms with Gasteiger partial charge in [-0.05, 0) is 25.1 Å². The lowest BCUT2D eigenvalue weighted by atomic mass is 10.3. The van der Waals surface area contributed by atoms with Crippen LogP contribution in [0.5, 0.6) is 0 Å². The van der Waals surface area contributed by atoms with Crippen LogP contribution in [0, 0.1) is 10.1 Å². The minimum absolute atomic E-state index is 0.0164. The van der Waals surface area contributed by atoms with Crippen molar-refractivity contribution in [3.63, 3.8) is 0 Å². The molecule has 0 atom stereocenters. The smallest absolute Gasteiger partial charge is 0.307 e. The van der Waals surface area contributed by atoms with E-state index in [0.29, 0.717) is 17.1 Å². The SMILES string of the molecule is CCOC(=O)CCNC(=O)c1cc(NC(=O)c2cc(NC(=O)CCNC(=O)c3cc(NC(=O)c4cc([N+](=O)[O-])cn4C)cn3C)cn2C)cn1C. The van der Waals surface area contributed by atoms with Crippen LogP contribution in [0.25, 0.3) is 0 Å². The van der Waals surface area contributed by atoms with E-state index >= 15 is 0 Å². The highest BCUT2D eigenvalue weighted by Gasteiger charge is 2.20. The Morgan fingerprint density at radius 3 is 1.49 bits per heavy atom. The van der Waals surface area contributed by atoms with Crippen LogP contribution in [-0.2, 0) is 42.5 Å². The van der Waals surface area contributed by atoms with Crippen LogP contribution < -0.4 is 26.6 Å². The van der Waals surface area contributed by atoms with Crippen molar-refractivity contribution in [1.82, 2.24) is 28.9 Å². The fourth-order valence-corrected chi connectivity index (χ4v) is 5.04. The Bertz CT molecular complexity index is 2000. The first kappa shape index (κ1) is 37.2. The summed E-state index contributed by atoms with van der Waals surface area (Å²) in [5.41, 5.74) is 1.51. The molecular weight excluding hydrogens is 668 g/mol. The van der Waals surface area contributed by atoms with Crippen molar-refractivity contribution in [2.24, 2.45) is 28.2 Å². The van der Waals surface area contributed by atoms with Gasteiger partial charge >= 0.3 is 5.97 Å². The fourth-order valence-electron chi connectivity index (χ4n) is 5.04. The minimum atomic E-state index is -0.605. The van der Waals surface area contributed by atoms with Crippen molar-refractivity contribution in [3.05, 3.63) is 81.9 Å². The zero-order chi connectivity index (χ0) is 37.4. The highest BCUT2D eigenvalue weighted by molar-refractivity contribution is 6.06. The number of hydrogen-bond donors (Lipinski definition) is 5. The van der Waals surface area contributed by atoms with Crippen LogP contribution in [0.2, 0.25) is 0 Å². The molecule has 5 N–H and O–H groups in total. The second-order valence-corrected chi connectivity index (χ2v) is 11.4. The number of nitro groups is 1. The zero-order valence-corrected chi connectivity index (χ0v) is 28.6. The van der Waals surface area contributed by atoms with Crippen LogP contribution in [0.15, 0.2) is 49.1 Å². The number of hydrogen-bond acceptors (Lipinski definition) is 9. The first-order valence-electron chi connectivity index (χ1n) is 15.6. The number of ether oxygens (including phenoxy) is 1. The Kier molecular flexibility index (Phi) is 11.8. The molecule has 4 heterocycles. The molecule has 5 amide bonds. The lowest BCUT2D eigenvalue weighted by molar-refractivity contribution is -0.384. The quantitative estimate of drug-likeness (QED) is 0.0689. The van der Waals surface area contributed by atoms with Gasteiger partial charge in [-0.1, -0.05) is 0 Å². The van der Waals surface area contributed by atoms with E-state index in [2.05, 4.69) is 26.6 Å². The number of carbonyl (C=O) groups excluding carboxylic acids is 6. The topological polar surface area (TPSA) is 235 Å². The van der Waals surface area contributed by atoms with Crippen LogP contribution in [0.3, 0.4) is 0 Å². The van der Waals surface area contributed by atoms with E-state index in [4.69, 9.17) is 4.74 Å². The molecule has 0 fully saturated rings. The number of esters is 1. The minimum Gasteiger partial charge on any atom is -0.466 e. The van der Waals surface area contributed by atoms with Gasteiger partial charge in [-0.15, -0.1) is 0 Å². The molecule has 19 heteroatoms. The molecule has 4 aromatic rings. The Labute approximate surface area is 291 Å². The summed E-state index contributed by atoms with van der Waals surface area (Å²) in [7, 11) is 6.36. The zero-order valence-electron chi connectivity index (χ0n) is 28.6. The van der Waals surface area contributed by atoms with Gasteiger partial charge in [-0.25, -0.2) is 0 Å². The summed E-state index contributed by atoms with van der Waals surface area (Å²) in [6.45, 7) is 2.02. The van der Waals surface area contributed by atoms with E-state index in [1.165, 1.54) is 55.9 Å². The summed E-state index contributed by atoms with van der Waals surface area (Å²) in [5, 5.41) is 24.3. The predicted octanol–water partition coefficient (Wildman–Crippen LogP) is 1.90. The molecule has 0 aliphatic heterocycles. The number of aryl methyl sites for hydroxylation is 4. The highest BCUT2D eigenvalue weighted by atomic mass is 16.6. The maximum Gasteiger partial charge on any atom is 0.307 e. The monoisotopic (exact) mass is 706 g/mol. The van der Waals surface area contributed by atoms with Gasteiger partial charge in [0.25, 0.3) is 29.3 Å². The number of rotatable bonds is 15. The average Bonchev–Trinajstić information content (AvgIpc) is 3.82. The number of anilines is 3. The molecule has 4 aromatic heterocycles. The molecule has 0 aliphatic rings. The fraction of sp³-hybridized carbons (Fsp3) is 0.312. The molecule has 0 saturated heterocycles. The third kappa shape index (κ3) is 9.49. The van der Waals surface area contributed by atoms with Crippen molar-refractivity contribution in [3.8, 4) is 0 Å². The molecule has 0 spiro atoms. The van der Waals surface area contributed by atoms with Gasteiger partial charge in [0.2, 0.25) is 5.91 Å². The maximum atomic E-state index is 13.0. The van der Waals surface area contributed by atoms with Gasteiger partial charge in [0.15, 0.2) is 0 Å². The average molecular weight is 707 g/mol. The predicted molar refractivity (Wildman–Crippen MR) is 183 cm³/mol. The normalized spacial score (nSPS) is 10.7. The maximum absolute atomic E-state index is 13.0. The van der Waals surface area contributed by atoms with E-state index in [1.807, 2.05) is 0 Å². The molecule has 0 aromatic carbocycles. The van der Waals surface area contributed by atoms with E-state index in [0.717, 1.165) is 6.07 Å². The molecule has 0 radical (unpaired) electrons. The third-order valence-electron chi connectivity index (χ3n) is 7.50. The lowest BCUT2D eigenvalue weighted by Gasteiger charge is -2.06. The molecule has 0 bridgehead atoms. The summed E-state index contributed by atoms with van der Waals surface area (Å²) in [6, 6.07) is 5.54. The second kappa shape index (κ2) is 16.2. The van der Waals surface area contributed by atoms with E-state index in [-0.39, 0.29) is 61.0 Å².